The van der Waals surface area contributed by atoms with Gasteiger partial charge in [0.1, 0.15) is 5.65 Å². The highest BCUT2D eigenvalue weighted by atomic mass is 15.2. The van der Waals surface area contributed by atoms with Gasteiger partial charge in [0.15, 0.2) is 0 Å². The van der Waals surface area contributed by atoms with Crippen LogP contribution in [0.1, 0.15) is 0 Å². The minimum absolute atomic E-state index is 0.816. The Morgan fingerprint density at radius 3 is 1.74 bits per heavy atom. The van der Waals surface area contributed by atoms with Crippen LogP contribution in [0.4, 0.5) is 17.1 Å². The van der Waals surface area contributed by atoms with Gasteiger partial charge in [-0.25, -0.2) is 9.97 Å². The molecule has 0 aliphatic heterocycles. The molecule has 0 N–H and O–H groups in total. The smallest absolute Gasteiger partial charge is 0.221 e. The van der Waals surface area contributed by atoms with Crippen LogP contribution in [0.2, 0.25) is 0 Å². The highest BCUT2D eigenvalue weighted by molar-refractivity contribution is 6.10. The zero-order valence-corrected chi connectivity index (χ0v) is 23.2. The normalized spacial score (nSPS) is 11.7. The first-order valence-corrected chi connectivity index (χ1v) is 14.4. The molecule has 43 heavy (non-hydrogen) atoms. The van der Waals surface area contributed by atoms with E-state index in [0.717, 1.165) is 61.6 Å². The Bertz CT molecular complexity index is 2420. The van der Waals surface area contributed by atoms with E-state index in [-0.39, 0.29) is 0 Å². The van der Waals surface area contributed by atoms with E-state index in [2.05, 4.69) is 153 Å². The first-order chi connectivity index (χ1) is 21.3. The molecule has 0 bridgehead atoms. The van der Waals surface area contributed by atoms with Crippen LogP contribution in [0, 0.1) is 0 Å². The van der Waals surface area contributed by atoms with Crippen molar-refractivity contribution in [3.63, 3.8) is 0 Å². The van der Waals surface area contributed by atoms with Crippen LogP contribution in [0.5, 0.6) is 0 Å². The molecule has 0 aliphatic carbocycles. The molecule has 5 heteroatoms. The average molecular weight is 552 g/mol. The van der Waals surface area contributed by atoms with Crippen LogP contribution in [0.3, 0.4) is 0 Å². The van der Waals surface area contributed by atoms with Gasteiger partial charge in [-0.15, -0.1) is 0 Å². The number of hydrogen-bond donors (Lipinski definition) is 0. The van der Waals surface area contributed by atoms with Crippen LogP contribution >= 0.6 is 0 Å². The number of anilines is 3. The lowest BCUT2D eigenvalue weighted by atomic mass is 10.1. The van der Waals surface area contributed by atoms with Crippen molar-refractivity contribution >= 4 is 66.5 Å². The third kappa shape index (κ3) is 3.58. The molecule has 5 nitrogen and oxygen atoms in total. The molecular weight excluding hydrogens is 526 g/mol. The van der Waals surface area contributed by atoms with Crippen LogP contribution in [-0.4, -0.2) is 18.9 Å². The molecule has 0 amide bonds. The molecule has 202 valence electrons. The lowest BCUT2D eigenvalue weighted by molar-refractivity contribution is 0.979. The number of hydrogen-bond acceptors (Lipinski definition) is 3. The van der Waals surface area contributed by atoms with Crippen molar-refractivity contribution in [2.24, 2.45) is 0 Å². The molecule has 6 aromatic carbocycles. The third-order valence-corrected chi connectivity index (χ3v) is 8.27. The maximum Gasteiger partial charge on any atom is 0.221 e. The van der Waals surface area contributed by atoms with E-state index in [0.29, 0.717) is 0 Å². The predicted octanol–water partition coefficient (Wildman–Crippen LogP) is 9.60. The molecule has 0 fully saturated rings. The zero-order valence-electron chi connectivity index (χ0n) is 23.2. The van der Waals surface area contributed by atoms with Crippen molar-refractivity contribution in [2.45, 2.75) is 0 Å². The molecule has 3 heterocycles. The lowest BCUT2D eigenvalue weighted by Crippen LogP contribution is -2.10. The fraction of sp³-hybridized carbons (Fsp3) is 0. The predicted molar refractivity (Wildman–Crippen MR) is 177 cm³/mol. The fourth-order valence-electron chi connectivity index (χ4n) is 6.39. The molecule has 3 aromatic heterocycles. The summed E-state index contributed by atoms with van der Waals surface area (Å²) in [5, 5.41) is 3.39. The van der Waals surface area contributed by atoms with Crippen molar-refractivity contribution in [1.29, 1.82) is 0 Å². The van der Waals surface area contributed by atoms with Crippen LogP contribution in [-0.2, 0) is 0 Å². The van der Waals surface area contributed by atoms with Gasteiger partial charge in [-0.05, 0) is 66.7 Å². The second-order valence-electron chi connectivity index (χ2n) is 10.7. The quantitative estimate of drug-likeness (QED) is 0.219. The summed E-state index contributed by atoms with van der Waals surface area (Å²) in [6, 6.07) is 53.0. The van der Waals surface area contributed by atoms with Crippen molar-refractivity contribution in [3.8, 4) is 5.95 Å². The van der Waals surface area contributed by atoms with E-state index in [4.69, 9.17) is 9.97 Å². The minimum atomic E-state index is 0.816. The Morgan fingerprint density at radius 1 is 0.419 bits per heavy atom. The second kappa shape index (κ2) is 9.29. The SMILES string of the molecule is c1ccc(N(c2ccccc2)c2ccc3c4ccccc4n(-c4nc5ccccc5c5nc6ccccc6n45)c3c2)cc1. The first-order valence-electron chi connectivity index (χ1n) is 14.4. The third-order valence-electron chi connectivity index (χ3n) is 8.27. The maximum absolute atomic E-state index is 5.33. The highest BCUT2D eigenvalue weighted by Crippen LogP contribution is 2.40. The molecule has 9 rings (SSSR count). The van der Waals surface area contributed by atoms with Gasteiger partial charge in [-0.1, -0.05) is 84.9 Å². The van der Waals surface area contributed by atoms with Gasteiger partial charge in [-0.2, -0.15) is 0 Å². The van der Waals surface area contributed by atoms with Crippen LogP contribution in [0.15, 0.2) is 152 Å². The summed E-state index contributed by atoms with van der Waals surface area (Å²) in [5.74, 6) is 0.816. The monoisotopic (exact) mass is 551 g/mol. The summed E-state index contributed by atoms with van der Waals surface area (Å²) in [5.41, 5.74) is 9.24. The Labute approximate surface area is 247 Å². The zero-order chi connectivity index (χ0) is 28.3. The van der Waals surface area contributed by atoms with Crippen molar-refractivity contribution < 1.29 is 0 Å². The van der Waals surface area contributed by atoms with Crippen molar-refractivity contribution in [3.05, 3.63) is 152 Å². The summed E-state index contributed by atoms with van der Waals surface area (Å²) in [7, 11) is 0. The molecule has 0 saturated heterocycles. The summed E-state index contributed by atoms with van der Waals surface area (Å²) >= 11 is 0. The van der Waals surface area contributed by atoms with E-state index >= 15 is 0 Å². The molecule has 0 aliphatic rings. The average Bonchev–Trinajstić information content (AvgIpc) is 3.62. The largest absolute Gasteiger partial charge is 0.310 e. The number of imidazole rings is 1. The van der Waals surface area contributed by atoms with Crippen LogP contribution in [0.25, 0.3) is 55.3 Å². The van der Waals surface area contributed by atoms with Crippen molar-refractivity contribution in [1.82, 2.24) is 18.9 Å². The minimum Gasteiger partial charge on any atom is -0.310 e. The summed E-state index contributed by atoms with van der Waals surface area (Å²) in [6.07, 6.45) is 0. The molecule has 0 spiro atoms. The molecule has 0 unspecified atom stereocenters. The van der Waals surface area contributed by atoms with E-state index in [1.807, 2.05) is 12.1 Å². The number of para-hydroxylation sites is 6. The van der Waals surface area contributed by atoms with E-state index < -0.39 is 0 Å². The van der Waals surface area contributed by atoms with E-state index in [1.165, 1.54) is 10.8 Å². The Balaban J connectivity index is 1.41. The van der Waals surface area contributed by atoms with Gasteiger partial charge in [0.05, 0.1) is 27.6 Å². The van der Waals surface area contributed by atoms with Crippen LogP contribution < -0.4 is 4.90 Å². The molecular formula is C38H25N5. The summed E-state index contributed by atoms with van der Waals surface area (Å²) < 4.78 is 4.51. The van der Waals surface area contributed by atoms with E-state index in [1.54, 1.807) is 0 Å². The molecule has 0 saturated carbocycles. The standard InChI is InChI=1S/C38H25N5/c1-3-13-26(14-4-1)41(27-15-5-2-6-16-27)28-23-24-30-29-17-8-11-21-34(29)42(36(30)25-28)38-40-32-19-9-7-18-31(32)37-39-33-20-10-12-22-35(33)43(37)38/h1-25H. The lowest BCUT2D eigenvalue weighted by Gasteiger charge is -2.25. The Kier molecular flexibility index (Phi) is 5.13. The van der Waals surface area contributed by atoms with Gasteiger partial charge in [0, 0.05) is 33.2 Å². The van der Waals surface area contributed by atoms with Gasteiger partial charge >= 0.3 is 0 Å². The highest BCUT2D eigenvalue weighted by Gasteiger charge is 2.21. The van der Waals surface area contributed by atoms with Gasteiger partial charge in [0.2, 0.25) is 5.95 Å². The Hall–Kier alpha value is -5.94. The number of fused-ring (bicyclic) bond motifs is 8. The number of aromatic nitrogens is 4. The second-order valence-corrected chi connectivity index (χ2v) is 10.7. The molecule has 9 aromatic rings. The number of benzene rings is 6. The summed E-state index contributed by atoms with van der Waals surface area (Å²) in [6.45, 7) is 0. The van der Waals surface area contributed by atoms with Gasteiger partial charge in [0.25, 0.3) is 0 Å². The first kappa shape index (κ1) is 23.7. The molecule has 0 radical (unpaired) electrons. The maximum atomic E-state index is 5.33. The van der Waals surface area contributed by atoms with E-state index in [9.17, 15) is 0 Å². The Morgan fingerprint density at radius 2 is 1.00 bits per heavy atom. The summed E-state index contributed by atoms with van der Waals surface area (Å²) in [4.78, 5) is 12.7. The fourth-order valence-corrected chi connectivity index (χ4v) is 6.39. The topological polar surface area (TPSA) is 38.4 Å². The number of nitrogens with zero attached hydrogens (tertiary/aromatic N) is 5. The van der Waals surface area contributed by atoms with Crippen molar-refractivity contribution in [2.75, 3.05) is 4.90 Å². The molecule has 0 atom stereocenters. The number of rotatable bonds is 4. The van der Waals surface area contributed by atoms with Gasteiger partial charge < -0.3 is 4.90 Å². The van der Waals surface area contributed by atoms with Gasteiger partial charge in [-0.3, -0.25) is 8.97 Å².